The van der Waals surface area contributed by atoms with Gasteiger partial charge in [0.05, 0.1) is 25.0 Å². The molecule has 2 N–H and O–H groups in total. The van der Waals surface area contributed by atoms with Crippen LogP contribution in [0, 0.1) is 0 Å². The zero-order chi connectivity index (χ0) is 19.8. The van der Waals surface area contributed by atoms with Gasteiger partial charge in [0.2, 0.25) is 0 Å². The zero-order valence-corrected chi connectivity index (χ0v) is 17.2. The average molecular weight is 385 g/mol. The average Bonchev–Trinajstić information content (AvgIpc) is 3.37. The van der Waals surface area contributed by atoms with Crippen molar-refractivity contribution in [2.24, 2.45) is 4.99 Å². The van der Waals surface area contributed by atoms with Crippen LogP contribution < -0.4 is 5.32 Å². The molecule has 3 rings (SSSR count). The third-order valence-electron chi connectivity index (χ3n) is 5.25. The first-order chi connectivity index (χ1) is 13.7. The third kappa shape index (κ3) is 5.33. The summed E-state index contributed by atoms with van der Waals surface area (Å²) in [7, 11) is 5.63. The smallest absolute Gasteiger partial charge is 0.193 e. The van der Waals surface area contributed by atoms with Crippen molar-refractivity contribution in [3.8, 4) is 11.3 Å². The van der Waals surface area contributed by atoms with Gasteiger partial charge in [0.1, 0.15) is 5.82 Å². The fourth-order valence-corrected chi connectivity index (χ4v) is 3.73. The van der Waals surface area contributed by atoms with Gasteiger partial charge in [-0.1, -0.05) is 30.3 Å². The molecule has 0 saturated carbocycles. The van der Waals surface area contributed by atoms with Gasteiger partial charge in [0.25, 0.3) is 0 Å². The van der Waals surface area contributed by atoms with Gasteiger partial charge in [-0.25, -0.2) is 4.98 Å². The van der Waals surface area contributed by atoms with Crippen LogP contribution in [0.15, 0.2) is 41.5 Å². The molecule has 0 amide bonds. The number of nitrogens with one attached hydrogen (secondary N) is 2. The van der Waals surface area contributed by atoms with Crippen LogP contribution >= 0.6 is 0 Å². The van der Waals surface area contributed by atoms with Gasteiger partial charge in [-0.15, -0.1) is 0 Å². The van der Waals surface area contributed by atoms with Crippen LogP contribution in [0.25, 0.3) is 11.3 Å². The Morgan fingerprint density at radius 1 is 1.39 bits per heavy atom. The number of rotatable bonds is 8. The Morgan fingerprint density at radius 2 is 2.21 bits per heavy atom. The summed E-state index contributed by atoms with van der Waals surface area (Å²) in [5.41, 5.74) is 2.18. The molecule has 1 aromatic carbocycles. The van der Waals surface area contributed by atoms with E-state index < -0.39 is 0 Å². The molecule has 1 aliphatic heterocycles. The maximum atomic E-state index is 5.23. The highest BCUT2D eigenvalue weighted by atomic mass is 16.5. The Kier molecular flexibility index (Phi) is 7.45. The molecule has 1 aliphatic rings. The maximum Gasteiger partial charge on any atom is 0.193 e. The van der Waals surface area contributed by atoms with Gasteiger partial charge < -0.3 is 19.9 Å². The molecule has 1 atom stereocenters. The lowest BCUT2D eigenvalue weighted by molar-refractivity contribution is 0.141. The highest BCUT2D eigenvalue weighted by Gasteiger charge is 2.24. The molecule has 7 nitrogen and oxygen atoms in total. The summed E-state index contributed by atoms with van der Waals surface area (Å²) in [4.78, 5) is 17.0. The number of ether oxygens (including phenoxy) is 1. The molecule has 0 aliphatic carbocycles. The van der Waals surface area contributed by atoms with Crippen molar-refractivity contribution in [2.45, 2.75) is 25.4 Å². The number of imidazole rings is 1. The Labute approximate surface area is 167 Å². The lowest BCUT2D eigenvalue weighted by atomic mass is 10.2. The lowest BCUT2D eigenvalue weighted by Crippen LogP contribution is -2.46. The molecule has 152 valence electrons. The van der Waals surface area contributed by atoms with Crippen LogP contribution in [0.2, 0.25) is 0 Å². The van der Waals surface area contributed by atoms with Crippen LogP contribution in [-0.2, 0) is 11.3 Å². The minimum absolute atomic E-state index is 0.536. The first-order valence-corrected chi connectivity index (χ1v) is 9.95. The number of aromatic amines is 1. The van der Waals surface area contributed by atoms with Crippen molar-refractivity contribution in [1.29, 1.82) is 0 Å². The van der Waals surface area contributed by atoms with E-state index in [4.69, 9.17) is 4.74 Å². The van der Waals surface area contributed by atoms with Crippen molar-refractivity contribution < 1.29 is 4.74 Å². The largest absolute Gasteiger partial charge is 0.383 e. The molecular formula is C21H32N6O. The summed E-state index contributed by atoms with van der Waals surface area (Å²) < 4.78 is 5.23. The highest BCUT2D eigenvalue weighted by molar-refractivity contribution is 5.79. The maximum absolute atomic E-state index is 5.23. The van der Waals surface area contributed by atoms with Gasteiger partial charge in [-0.2, -0.15) is 0 Å². The second kappa shape index (κ2) is 10.2. The van der Waals surface area contributed by atoms with E-state index in [9.17, 15) is 0 Å². The third-order valence-corrected chi connectivity index (χ3v) is 5.25. The molecule has 7 heteroatoms. The number of likely N-dealkylation sites (tertiary alicyclic amines) is 1. The molecule has 1 saturated heterocycles. The van der Waals surface area contributed by atoms with Gasteiger partial charge in [0, 0.05) is 40.3 Å². The van der Waals surface area contributed by atoms with Crippen LogP contribution in [0.3, 0.4) is 0 Å². The van der Waals surface area contributed by atoms with E-state index in [-0.39, 0.29) is 0 Å². The topological polar surface area (TPSA) is 68.8 Å². The first-order valence-electron chi connectivity index (χ1n) is 9.95. The van der Waals surface area contributed by atoms with E-state index in [1.807, 2.05) is 38.5 Å². The number of hydrogen-bond acceptors (Lipinski definition) is 4. The summed E-state index contributed by atoms with van der Waals surface area (Å²) in [6.45, 7) is 4.50. The van der Waals surface area contributed by atoms with Crippen LogP contribution in [0.5, 0.6) is 0 Å². The number of nitrogens with zero attached hydrogens (tertiary/aromatic N) is 4. The van der Waals surface area contributed by atoms with E-state index in [0.717, 1.165) is 49.3 Å². The van der Waals surface area contributed by atoms with Crippen molar-refractivity contribution in [2.75, 3.05) is 47.4 Å². The minimum atomic E-state index is 0.536. The predicted octanol–water partition coefficient (Wildman–Crippen LogP) is 2.19. The molecular weight excluding hydrogens is 352 g/mol. The summed E-state index contributed by atoms with van der Waals surface area (Å²) in [5, 5.41) is 3.53. The molecule has 2 heterocycles. The van der Waals surface area contributed by atoms with Crippen molar-refractivity contribution in [3.05, 3.63) is 42.4 Å². The second-order valence-electron chi connectivity index (χ2n) is 7.22. The first kappa shape index (κ1) is 20.4. The fraction of sp³-hybridized carbons (Fsp3) is 0.524. The molecule has 0 bridgehead atoms. The number of guanidine groups is 1. The van der Waals surface area contributed by atoms with Gasteiger partial charge >= 0.3 is 0 Å². The number of benzene rings is 1. The van der Waals surface area contributed by atoms with E-state index in [2.05, 4.69) is 42.2 Å². The molecule has 0 radical (unpaired) electrons. The Bertz CT molecular complexity index is 744. The van der Waals surface area contributed by atoms with Crippen molar-refractivity contribution >= 4 is 5.96 Å². The van der Waals surface area contributed by atoms with Crippen LogP contribution in [0.1, 0.15) is 18.7 Å². The van der Waals surface area contributed by atoms with E-state index in [1.165, 1.54) is 12.8 Å². The van der Waals surface area contributed by atoms with Crippen molar-refractivity contribution in [1.82, 2.24) is 25.1 Å². The Balaban J connectivity index is 1.53. The Hall–Kier alpha value is -2.38. The van der Waals surface area contributed by atoms with Crippen LogP contribution in [-0.4, -0.2) is 79.2 Å². The summed E-state index contributed by atoms with van der Waals surface area (Å²) in [6, 6.07) is 10.8. The summed E-state index contributed by atoms with van der Waals surface area (Å²) in [5.74, 6) is 1.81. The van der Waals surface area contributed by atoms with Gasteiger partial charge in [0.15, 0.2) is 5.96 Å². The second-order valence-corrected chi connectivity index (χ2v) is 7.22. The Morgan fingerprint density at radius 3 is 2.96 bits per heavy atom. The molecule has 1 fully saturated rings. The number of H-pyrrole nitrogens is 1. The number of aromatic nitrogens is 2. The summed E-state index contributed by atoms with van der Waals surface area (Å²) in [6.07, 6.45) is 4.36. The van der Waals surface area contributed by atoms with E-state index in [1.54, 1.807) is 7.11 Å². The monoisotopic (exact) mass is 384 g/mol. The van der Waals surface area contributed by atoms with Gasteiger partial charge in [-0.3, -0.25) is 9.89 Å². The van der Waals surface area contributed by atoms with Crippen molar-refractivity contribution in [3.63, 3.8) is 0 Å². The lowest BCUT2D eigenvalue weighted by Gasteiger charge is -2.27. The van der Waals surface area contributed by atoms with E-state index >= 15 is 0 Å². The number of hydrogen-bond donors (Lipinski definition) is 2. The number of methoxy groups -OCH3 is 1. The SMILES string of the molecule is CN=C(NCC1CCCN1CCOC)N(C)Cc1ncc(-c2ccccc2)[nH]1. The molecule has 0 spiro atoms. The quantitative estimate of drug-likeness (QED) is 0.539. The zero-order valence-electron chi connectivity index (χ0n) is 17.2. The molecule has 28 heavy (non-hydrogen) atoms. The van der Waals surface area contributed by atoms with Crippen LogP contribution in [0.4, 0.5) is 0 Å². The normalized spacial score (nSPS) is 17.8. The standard InChI is InChI=1S/C21H32N6O/c1-22-21(24-14-18-10-7-11-27(18)12-13-28-3)26(2)16-20-23-15-19(25-20)17-8-5-4-6-9-17/h4-6,8-9,15,18H,7,10-14,16H2,1-3H3,(H,22,24)(H,23,25). The molecule has 1 aromatic heterocycles. The molecule has 2 aromatic rings. The highest BCUT2D eigenvalue weighted by Crippen LogP contribution is 2.17. The fourth-order valence-electron chi connectivity index (χ4n) is 3.73. The van der Waals surface area contributed by atoms with E-state index in [0.29, 0.717) is 12.6 Å². The number of aliphatic imine (C=N–C) groups is 1. The predicted molar refractivity (Wildman–Crippen MR) is 113 cm³/mol. The summed E-state index contributed by atoms with van der Waals surface area (Å²) >= 11 is 0. The van der Waals surface area contributed by atoms with Gasteiger partial charge in [-0.05, 0) is 24.9 Å². The molecule has 1 unspecified atom stereocenters. The minimum Gasteiger partial charge on any atom is -0.383 e.